The molecule has 3 aromatic rings. The van der Waals surface area contributed by atoms with Crippen LogP contribution in [0.4, 0.5) is 10.5 Å². The topological polar surface area (TPSA) is 135 Å². The molecule has 2 aromatic carbocycles. The third-order valence-electron chi connectivity index (χ3n) is 7.43. The van der Waals surface area contributed by atoms with E-state index in [4.69, 9.17) is 4.74 Å². The van der Waals surface area contributed by atoms with E-state index in [-0.39, 0.29) is 10.9 Å². The molecule has 1 aromatic heterocycles. The molecule has 1 heterocycles. The Morgan fingerprint density at radius 1 is 0.923 bits per heavy atom. The third kappa shape index (κ3) is 5.14. The molecule has 10 heteroatoms. The Hall–Kier alpha value is -3.76. The monoisotopic (exact) mass is 549 g/mol. The van der Waals surface area contributed by atoms with E-state index in [0.717, 1.165) is 35.1 Å². The van der Waals surface area contributed by atoms with Crippen molar-refractivity contribution >= 4 is 27.7 Å². The van der Waals surface area contributed by atoms with Gasteiger partial charge in [0.15, 0.2) is 0 Å². The van der Waals surface area contributed by atoms with Gasteiger partial charge in [0, 0.05) is 18.1 Å². The number of benzene rings is 2. The number of aliphatic hydroxyl groups is 1. The highest BCUT2D eigenvalue weighted by atomic mass is 32.2. The highest BCUT2D eigenvalue weighted by Gasteiger charge is 2.33. The van der Waals surface area contributed by atoms with E-state index in [1.54, 1.807) is 44.4 Å². The second-order valence-electron chi connectivity index (χ2n) is 10.5. The number of rotatable bonds is 6. The Morgan fingerprint density at radius 3 is 2.08 bits per heavy atom. The van der Waals surface area contributed by atoms with Gasteiger partial charge in [-0.05, 0) is 122 Å². The molecule has 5 rings (SSSR count). The van der Waals surface area contributed by atoms with E-state index in [0.29, 0.717) is 53.6 Å². The SMILES string of the molecule is COC(=O)c1c2c(c(NC(=O)NS(=O)(=O)c3cc(-c4ccncc4)cc(C(C)(C)O)c3)c3c1CCC3)CCC2. The fraction of sp³-hybridized carbons (Fsp3) is 0.345. The smallest absolute Gasteiger partial charge is 0.338 e. The standard InChI is InChI=1S/C29H31N3O6S/c1-29(2,35)19-14-18(17-10-12-30-13-11-17)15-20(16-19)39(36,37)32-28(34)31-26-23-8-4-6-21(23)25(27(33)38-3)22-7-5-9-24(22)26/h10-16,35H,4-9H2,1-3H3,(H2,31,32,34). The average Bonchev–Trinajstić information content (AvgIpc) is 3.58. The zero-order valence-electron chi connectivity index (χ0n) is 22.1. The molecule has 0 atom stereocenters. The van der Waals surface area contributed by atoms with Crippen LogP contribution in [-0.2, 0) is 46.0 Å². The zero-order chi connectivity index (χ0) is 27.9. The van der Waals surface area contributed by atoms with Crippen molar-refractivity contribution in [3.8, 4) is 11.1 Å². The number of nitrogens with zero attached hydrogens (tertiary/aromatic N) is 1. The number of hydrogen-bond acceptors (Lipinski definition) is 7. The van der Waals surface area contributed by atoms with Gasteiger partial charge in [0.25, 0.3) is 10.0 Å². The minimum absolute atomic E-state index is 0.152. The summed E-state index contributed by atoms with van der Waals surface area (Å²) in [4.78, 5) is 29.6. The van der Waals surface area contributed by atoms with Crippen LogP contribution < -0.4 is 10.0 Å². The number of anilines is 1. The van der Waals surface area contributed by atoms with E-state index in [2.05, 4.69) is 15.0 Å². The number of carbonyl (C=O) groups is 2. The van der Waals surface area contributed by atoms with Gasteiger partial charge < -0.3 is 15.2 Å². The van der Waals surface area contributed by atoms with Gasteiger partial charge in [-0.1, -0.05) is 0 Å². The Balaban J connectivity index is 1.49. The summed E-state index contributed by atoms with van der Waals surface area (Å²) >= 11 is 0. The first-order valence-electron chi connectivity index (χ1n) is 12.9. The molecule has 0 aliphatic heterocycles. The van der Waals surface area contributed by atoms with Crippen molar-refractivity contribution in [3.05, 3.63) is 76.1 Å². The summed E-state index contributed by atoms with van der Waals surface area (Å²) in [6.07, 6.45) is 7.60. The van der Waals surface area contributed by atoms with Crippen LogP contribution >= 0.6 is 0 Å². The van der Waals surface area contributed by atoms with Gasteiger partial charge in [0.1, 0.15) is 0 Å². The van der Waals surface area contributed by atoms with Crippen molar-refractivity contribution in [2.24, 2.45) is 0 Å². The Labute approximate surface area is 227 Å². The average molecular weight is 550 g/mol. The van der Waals surface area contributed by atoms with Crippen LogP contribution in [0, 0.1) is 0 Å². The second kappa shape index (κ2) is 10.1. The first-order valence-corrected chi connectivity index (χ1v) is 14.4. The van der Waals surface area contributed by atoms with E-state index in [1.165, 1.54) is 19.2 Å². The number of ether oxygens (including phenoxy) is 1. The number of sulfonamides is 1. The molecule has 0 bridgehead atoms. The van der Waals surface area contributed by atoms with Crippen molar-refractivity contribution < 1.29 is 27.9 Å². The molecule has 0 spiro atoms. The molecule has 9 nitrogen and oxygen atoms in total. The lowest BCUT2D eigenvalue weighted by Crippen LogP contribution is -2.35. The minimum Gasteiger partial charge on any atom is -0.465 e. The molecule has 0 fully saturated rings. The minimum atomic E-state index is -4.31. The zero-order valence-corrected chi connectivity index (χ0v) is 22.9. The van der Waals surface area contributed by atoms with Crippen molar-refractivity contribution in [2.45, 2.75) is 62.9 Å². The van der Waals surface area contributed by atoms with Crippen LogP contribution in [0.1, 0.15) is 64.9 Å². The molecule has 204 valence electrons. The molecule has 3 N–H and O–H groups in total. The lowest BCUT2D eigenvalue weighted by molar-refractivity contribution is 0.0598. The lowest BCUT2D eigenvalue weighted by Gasteiger charge is -2.21. The summed E-state index contributed by atoms with van der Waals surface area (Å²) < 4.78 is 34.0. The van der Waals surface area contributed by atoms with Crippen LogP contribution in [0.3, 0.4) is 0 Å². The lowest BCUT2D eigenvalue weighted by atomic mass is 9.92. The van der Waals surface area contributed by atoms with Gasteiger partial charge >= 0.3 is 12.0 Å². The maximum Gasteiger partial charge on any atom is 0.338 e. The number of aromatic nitrogens is 1. The van der Waals surface area contributed by atoms with Crippen molar-refractivity contribution in [1.29, 1.82) is 0 Å². The largest absolute Gasteiger partial charge is 0.465 e. The number of urea groups is 1. The van der Waals surface area contributed by atoms with Gasteiger partial charge in [-0.15, -0.1) is 0 Å². The van der Waals surface area contributed by atoms with E-state index in [9.17, 15) is 23.1 Å². The number of esters is 1. The van der Waals surface area contributed by atoms with E-state index in [1.807, 2.05) is 0 Å². The van der Waals surface area contributed by atoms with Gasteiger partial charge in [-0.2, -0.15) is 0 Å². The molecular weight excluding hydrogens is 518 g/mol. The predicted molar refractivity (Wildman–Crippen MR) is 146 cm³/mol. The number of pyridine rings is 1. The molecule has 0 saturated heterocycles. The summed E-state index contributed by atoms with van der Waals surface area (Å²) in [5.74, 6) is -0.374. The molecular formula is C29H31N3O6S. The maximum absolute atomic E-state index is 13.4. The molecule has 0 unspecified atom stereocenters. The summed E-state index contributed by atoms with van der Waals surface area (Å²) in [5.41, 5.74) is 5.02. The van der Waals surface area contributed by atoms with Crippen LogP contribution in [-0.4, -0.2) is 37.6 Å². The summed E-state index contributed by atoms with van der Waals surface area (Å²) in [7, 11) is -2.95. The van der Waals surface area contributed by atoms with Crippen LogP contribution in [0.15, 0.2) is 47.6 Å². The van der Waals surface area contributed by atoms with Gasteiger partial charge in [-0.25, -0.2) is 22.7 Å². The number of fused-ring (bicyclic) bond motifs is 2. The number of nitrogens with one attached hydrogen (secondary N) is 2. The summed E-state index contributed by atoms with van der Waals surface area (Å²) in [5, 5.41) is 13.5. The molecule has 2 aliphatic rings. The summed E-state index contributed by atoms with van der Waals surface area (Å²) in [6.45, 7) is 3.13. The van der Waals surface area contributed by atoms with Crippen molar-refractivity contribution in [1.82, 2.24) is 9.71 Å². The van der Waals surface area contributed by atoms with Crippen LogP contribution in [0.2, 0.25) is 0 Å². The Bertz CT molecular complexity index is 1540. The van der Waals surface area contributed by atoms with Crippen molar-refractivity contribution in [3.63, 3.8) is 0 Å². The quantitative estimate of drug-likeness (QED) is 0.391. The highest BCUT2D eigenvalue weighted by molar-refractivity contribution is 7.90. The highest BCUT2D eigenvalue weighted by Crippen LogP contribution is 2.42. The fourth-order valence-corrected chi connectivity index (χ4v) is 6.57. The Morgan fingerprint density at radius 2 is 1.51 bits per heavy atom. The maximum atomic E-state index is 13.4. The second-order valence-corrected chi connectivity index (χ2v) is 12.1. The number of carbonyl (C=O) groups excluding carboxylic acids is 2. The number of amides is 2. The molecule has 0 saturated carbocycles. The van der Waals surface area contributed by atoms with E-state index < -0.39 is 21.7 Å². The first kappa shape index (κ1) is 26.8. The predicted octanol–water partition coefficient (Wildman–Crippen LogP) is 4.25. The fourth-order valence-electron chi connectivity index (χ4n) is 5.59. The van der Waals surface area contributed by atoms with Gasteiger partial charge in [0.05, 0.1) is 23.2 Å². The van der Waals surface area contributed by atoms with Gasteiger partial charge in [-0.3, -0.25) is 4.98 Å². The van der Waals surface area contributed by atoms with Crippen LogP contribution in [0.5, 0.6) is 0 Å². The number of methoxy groups -OCH3 is 1. The summed E-state index contributed by atoms with van der Waals surface area (Å²) in [6, 6.07) is 7.12. The van der Waals surface area contributed by atoms with Crippen LogP contribution in [0.25, 0.3) is 11.1 Å². The van der Waals surface area contributed by atoms with E-state index >= 15 is 0 Å². The number of hydrogen-bond donors (Lipinski definition) is 3. The molecule has 0 radical (unpaired) electrons. The first-order chi connectivity index (χ1) is 18.5. The normalized spacial score (nSPS) is 14.5. The Kier molecular flexibility index (Phi) is 6.94. The van der Waals surface area contributed by atoms with Crippen molar-refractivity contribution in [2.75, 3.05) is 12.4 Å². The van der Waals surface area contributed by atoms with Gasteiger partial charge in [0.2, 0.25) is 0 Å². The molecule has 39 heavy (non-hydrogen) atoms. The molecule has 2 amide bonds. The molecule has 2 aliphatic carbocycles. The third-order valence-corrected chi connectivity index (χ3v) is 8.75.